The Labute approximate surface area is 164 Å². The molecule has 1 aliphatic rings. The maximum Gasteiger partial charge on any atom is 0.323 e. The summed E-state index contributed by atoms with van der Waals surface area (Å²) in [4.78, 5) is 38.0. The highest BCUT2D eigenvalue weighted by Crippen LogP contribution is 2.28. The van der Waals surface area contributed by atoms with Gasteiger partial charge in [0.1, 0.15) is 12.6 Å². The Morgan fingerprint density at radius 1 is 1.11 bits per heavy atom. The second-order valence-corrected chi connectivity index (χ2v) is 6.70. The second kappa shape index (κ2) is 9.03. The van der Waals surface area contributed by atoms with Gasteiger partial charge in [-0.15, -0.1) is 0 Å². The molecule has 3 N–H and O–H groups in total. The van der Waals surface area contributed by atoms with Crippen molar-refractivity contribution in [1.82, 2.24) is 10.6 Å². The molecule has 146 valence electrons. The van der Waals surface area contributed by atoms with Gasteiger partial charge in [0.25, 0.3) is 0 Å². The summed E-state index contributed by atoms with van der Waals surface area (Å²) in [5.74, 6) is -0.525. The number of nitrogens with zero attached hydrogens (tertiary/aromatic N) is 1. The minimum atomic E-state index is -0.707. The van der Waals surface area contributed by atoms with Crippen LogP contribution in [0.15, 0.2) is 54.6 Å². The molecular formula is C21H24N4O3. The second-order valence-electron chi connectivity index (χ2n) is 6.70. The molecule has 2 aromatic carbocycles. The standard InChI is InChI=1S/C21H24N4O3/c1-15(20(27)22-13-7-10-16-8-3-2-4-9-16)23-21(28)25-14-19(26)24-17-11-5-6-12-18(17)25/h2-6,8-9,11-12,15H,7,10,13-14H2,1H3,(H,22,27)(H,23,28)(H,24,26)/t15-/m1/s1. The molecule has 0 aromatic heterocycles. The zero-order valence-electron chi connectivity index (χ0n) is 15.8. The lowest BCUT2D eigenvalue weighted by Gasteiger charge is -2.30. The average molecular weight is 380 g/mol. The molecule has 0 saturated carbocycles. The molecule has 28 heavy (non-hydrogen) atoms. The van der Waals surface area contributed by atoms with E-state index < -0.39 is 12.1 Å². The number of anilines is 2. The topological polar surface area (TPSA) is 90.5 Å². The van der Waals surface area contributed by atoms with Crippen LogP contribution in [-0.4, -0.2) is 37.0 Å². The average Bonchev–Trinajstić information content (AvgIpc) is 2.71. The molecule has 1 heterocycles. The molecule has 0 spiro atoms. The highest BCUT2D eigenvalue weighted by atomic mass is 16.2. The van der Waals surface area contributed by atoms with Crippen LogP contribution in [0.1, 0.15) is 18.9 Å². The minimum absolute atomic E-state index is 0.0890. The molecule has 0 saturated heterocycles. The van der Waals surface area contributed by atoms with Gasteiger partial charge in [-0.05, 0) is 37.5 Å². The van der Waals surface area contributed by atoms with E-state index >= 15 is 0 Å². The fourth-order valence-electron chi connectivity index (χ4n) is 3.04. The molecule has 1 aliphatic heterocycles. The van der Waals surface area contributed by atoms with Gasteiger partial charge in [0, 0.05) is 6.54 Å². The number of benzene rings is 2. The SMILES string of the molecule is C[C@@H](NC(=O)N1CC(=O)Nc2ccccc21)C(=O)NCCCc1ccccc1. The van der Waals surface area contributed by atoms with Crippen LogP contribution in [-0.2, 0) is 16.0 Å². The normalized spacial score (nSPS) is 13.9. The molecule has 0 aliphatic carbocycles. The van der Waals surface area contributed by atoms with Gasteiger partial charge in [0.05, 0.1) is 11.4 Å². The number of urea groups is 1. The smallest absolute Gasteiger partial charge is 0.323 e. The van der Waals surface area contributed by atoms with Crippen molar-refractivity contribution in [2.24, 2.45) is 0 Å². The number of aryl methyl sites for hydroxylation is 1. The Balaban J connectivity index is 1.48. The number of carbonyl (C=O) groups excluding carboxylic acids is 3. The molecule has 7 heteroatoms. The lowest BCUT2D eigenvalue weighted by atomic mass is 10.1. The first kappa shape index (κ1) is 19.4. The zero-order chi connectivity index (χ0) is 19.9. The number of amides is 4. The first-order chi connectivity index (χ1) is 13.5. The maximum atomic E-state index is 12.6. The van der Waals surface area contributed by atoms with E-state index in [9.17, 15) is 14.4 Å². The van der Waals surface area contributed by atoms with Gasteiger partial charge < -0.3 is 16.0 Å². The van der Waals surface area contributed by atoms with Crippen molar-refractivity contribution >= 4 is 29.2 Å². The Morgan fingerprint density at radius 2 is 1.82 bits per heavy atom. The number of carbonyl (C=O) groups is 3. The van der Waals surface area contributed by atoms with E-state index in [-0.39, 0.29) is 18.4 Å². The molecule has 0 bridgehead atoms. The first-order valence-electron chi connectivity index (χ1n) is 9.33. The van der Waals surface area contributed by atoms with E-state index in [1.54, 1.807) is 31.2 Å². The number of nitrogens with one attached hydrogen (secondary N) is 3. The fraction of sp³-hybridized carbons (Fsp3) is 0.286. The Bertz CT molecular complexity index is 854. The summed E-state index contributed by atoms with van der Waals surface area (Å²) in [6, 6.07) is 15.9. The van der Waals surface area contributed by atoms with Crippen LogP contribution in [0.25, 0.3) is 0 Å². The van der Waals surface area contributed by atoms with Gasteiger partial charge in [-0.2, -0.15) is 0 Å². The number of para-hydroxylation sites is 2. The van der Waals surface area contributed by atoms with E-state index in [1.165, 1.54) is 10.5 Å². The van der Waals surface area contributed by atoms with Gasteiger partial charge in [-0.25, -0.2) is 4.79 Å². The van der Waals surface area contributed by atoms with Crippen LogP contribution in [0, 0.1) is 0 Å². The van der Waals surface area contributed by atoms with E-state index in [1.807, 2.05) is 18.2 Å². The van der Waals surface area contributed by atoms with Gasteiger partial charge in [0.2, 0.25) is 11.8 Å². The van der Waals surface area contributed by atoms with E-state index in [4.69, 9.17) is 0 Å². The van der Waals surface area contributed by atoms with Gasteiger partial charge in [0.15, 0.2) is 0 Å². The molecule has 1 atom stereocenters. The van der Waals surface area contributed by atoms with Crippen LogP contribution in [0.4, 0.5) is 16.2 Å². The first-order valence-corrected chi connectivity index (χ1v) is 9.33. The van der Waals surface area contributed by atoms with Crippen LogP contribution < -0.4 is 20.9 Å². The van der Waals surface area contributed by atoms with Crippen molar-refractivity contribution in [3.63, 3.8) is 0 Å². The van der Waals surface area contributed by atoms with Crippen molar-refractivity contribution in [2.75, 3.05) is 23.3 Å². The molecule has 0 fully saturated rings. The number of hydrogen-bond donors (Lipinski definition) is 3. The molecule has 7 nitrogen and oxygen atoms in total. The molecule has 0 unspecified atom stereocenters. The predicted octanol–water partition coefficient (Wildman–Crippen LogP) is 2.29. The highest BCUT2D eigenvalue weighted by molar-refractivity contribution is 6.09. The van der Waals surface area contributed by atoms with Gasteiger partial charge >= 0.3 is 6.03 Å². The van der Waals surface area contributed by atoms with Crippen molar-refractivity contribution in [1.29, 1.82) is 0 Å². The summed E-state index contributed by atoms with van der Waals surface area (Å²) in [6.45, 7) is 2.07. The summed E-state index contributed by atoms with van der Waals surface area (Å²) >= 11 is 0. The summed E-state index contributed by atoms with van der Waals surface area (Å²) in [7, 11) is 0. The van der Waals surface area contributed by atoms with Crippen LogP contribution in [0.3, 0.4) is 0 Å². The highest BCUT2D eigenvalue weighted by Gasteiger charge is 2.28. The monoisotopic (exact) mass is 380 g/mol. The fourth-order valence-corrected chi connectivity index (χ4v) is 3.04. The van der Waals surface area contributed by atoms with Crippen molar-refractivity contribution in [3.8, 4) is 0 Å². The van der Waals surface area contributed by atoms with E-state index in [0.717, 1.165) is 12.8 Å². The van der Waals surface area contributed by atoms with Crippen LogP contribution in [0.2, 0.25) is 0 Å². The maximum absolute atomic E-state index is 12.6. The molecule has 0 radical (unpaired) electrons. The summed E-state index contributed by atoms with van der Waals surface area (Å²) in [5.41, 5.74) is 2.40. The molecule has 4 amide bonds. The summed E-state index contributed by atoms with van der Waals surface area (Å²) in [6.07, 6.45) is 1.69. The van der Waals surface area contributed by atoms with E-state index in [0.29, 0.717) is 17.9 Å². The predicted molar refractivity (Wildman–Crippen MR) is 108 cm³/mol. The number of rotatable bonds is 6. The molecule has 2 aromatic rings. The van der Waals surface area contributed by atoms with Crippen LogP contribution >= 0.6 is 0 Å². The lowest BCUT2D eigenvalue weighted by Crippen LogP contribution is -2.53. The Hall–Kier alpha value is -3.35. The Morgan fingerprint density at radius 3 is 2.61 bits per heavy atom. The summed E-state index contributed by atoms with van der Waals surface area (Å²) in [5, 5.41) is 8.23. The van der Waals surface area contributed by atoms with Crippen LogP contribution in [0.5, 0.6) is 0 Å². The van der Waals surface area contributed by atoms with Crippen molar-refractivity contribution in [3.05, 3.63) is 60.2 Å². The third-order valence-electron chi connectivity index (χ3n) is 4.53. The largest absolute Gasteiger partial charge is 0.354 e. The number of fused-ring (bicyclic) bond motifs is 1. The third kappa shape index (κ3) is 4.88. The van der Waals surface area contributed by atoms with Crippen molar-refractivity contribution in [2.45, 2.75) is 25.8 Å². The molecule has 3 rings (SSSR count). The Kier molecular flexibility index (Phi) is 6.26. The summed E-state index contributed by atoms with van der Waals surface area (Å²) < 4.78 is 0. The van der Waals surface area contributed by atoms with E-state index in [2.05, 4.69) is 28.1 Å². The minimum Gasteiger partial charge on any atom is -0.354 e. The number of hydrogen-bond acceptors (Lipinski definition) is 3. The van der Waals surface area contributed by atoms with Gasteiger partial charge in [-0.1, -0.05) is 42.5 Å². The molecular weight excluding hydrogens is 356 g/mol. The van der Waals surface area contributed by atoms with Crippen molar-refractivity contribution < 1.29 is 14.4 Å². The lowest BCUT2D eigenvalue weighted by molar-refractivity contribution is -0.122. The third-order valence-corrected chi connectivity index (χ3v) is 4.53. The quantitative estimate of drug-likeness (QED) is 0.672. The van der Waals surface area contributed by atoms with Gasteiger partial charge in [-0.3, -0.25) is 14.5 Å². The zero-order valence-corrected chi connectivity index (χ0v) is 15.8.